The van der Waals surface area contributed by atoms with Crippen LogP contribution in [-0.2, 0) is 12.7 Å². The van der Waals surface area contributed by atoms with Crippen LogP contribution >= 0.6 is 12.4 Å². The summed E-state index contributed by atoms with van der Waals surface area (Å²) >= 11 is 0. The van der Waals surface area contributed by atoms with E-state index in [0.29, 0.717) is 12.5 Å². The first kappa shape index (κ1) is 18.3. The first-order valence-electron chi connectivity index (χ1n) is 7.00. The van der Waals surface area contributed by atoms with Crippen molar-refractivity contribution in [1.29, 1.82) is 0 Å². The van der Waals surface area contributed by atoms with E-state index < -0.39 is 11.7 Å². The lowest BCUT2D eigenvalue weighted by atomic mass is 9.97. The normalized spacial score (nSPS) is 16.8. The van der Waals surface area contributed by atoms with Crippen molar-refractivity contribution in [2.45, 2.75) is 25.6 Å². The van der Waals surface area contributed by atoms with Gasteiger partial charge in [0, 0.05) is 13.1 Å². The quantitative estimate of drug-likeness (QED) is 0.912. The second-order valence-corrected chi connectivity index (χ2v) is 5.59. The van der Waals surface area contributed by atoms with Crippen molar-refractivity contribution < 1.29 is 13.2 Å². The molecule has 0 atom stereocenters. The molecule has 2 rings (SSSR count). The first-order valence-corrected chi connectivity index (χ1v) is 7.00. The summed E-state index contributed by atoms with van der Waals surface area (Å²) < 4.78 is 38.0. The number of nitrogens with zero attached hydrogens (tertiary/aromatic N) is 1. The Morgan fingerprint density at radius 1 is 1.24 bits per heavy atom. The predicted molar refractivity (Wildman–Crippen MR) is 80.6 cm³/mol. The Kier molecular flexibility index (Phi) is 6.97. The zero-order chi connectivity index (χ0) is 14.6. The number of rotatable bonds is 4. The van der Waals surface area contributed by atoms with Gasteiger partial charge in [0.2, 0.25) is 0 Å². The van der Waals surface area contributed by atoms with Gasteiger partial charge < -0.3 is 10.2 Å². The van der Waals surface area contributed by atoms with Crippen molar-refractivity contribution in [1.82, 2.24) is 10.2 Å². The van der Waals surface area contributed by atoms with E-state index in [2.05, 4.69) is 10.2 Å². The lowest BCUT2D eigenvalue weighted by molar-refractivity contribution is -0.137. The van der Waals surface area contributed by atoms with E-state index in [4.69, 9.17) is 0 Å². The smallest absolute Gasteiger partial charge is 0.317 e. The molecule has 0 unspecified atom stereocenters. The van der Waals surface area contributed by atoms with Gasteiger partial charge in [-0.05, 0) is 50.5 Å². The van der Waals surface area contributed by atoms with Gasteiger partial charge in [0.25, 0.3) is 0 Å². The van der Waals surface area contributed by atoms with Gasteiger partial charge in [-0.1, -0.05) is 18.2 Å². The minimum absolute atomic E-state index is 0. The van der Waals surface area contributed by atoms with Gasteiger partial charge in [-0.25, -0.2) is 0 Å². The summed E-state index contributed by atoms with van der Waals surface area (Å²) in [6, 6.07) is 5.61. The molecule has 0 aromatic heterocycles. The Bertz CT molecular complexity index is 431. The second-order valence-electron chi connectivity index (χ2n) is 5.59. The maximum absolute atomic E-state index is 12.7. The topological polar surface area (TPSA) is 15.3 Å². The maximum atomic E-state index is 12.7. The van der Waals surface area contributed by atoms with Crippen LogP contribution in [0.15, 0.2) is 24.3 Å². The third kappa shape index (κ3) is 5.85. The van der Waals surface area contributed by atoms with E-state index in [0.717, 1.165) is 44.1 Å². The largest absolute Gasteiger partial charge is 0.416 e. The third-order valence-electron chi connectivity index (χ3n) is 3.74. The summed E-state index contributed by atoms with van der Waals surface area (Å²) in [4.78, 5) is 2.12. The Morgan fingerprint density at radius 3 is 2.52 bits per heavy atom. The van der Waals surface area contributed by atoms with Crippen molar-refractivity contribution in [2.75, 3.05) is 26.7 Å². The summed E-state index contributed by atoms with van der Waals surface area (Å²) in [5.74, 6) is 0.645. The Hall–Kier alpha value is -0.780. The van der Waals surface area contributed by atoms with Crippen LogP contribution < -0.4 is 5.32 Å². The average molecular weight is 323 g/mol. The molecular formula is C15H22ClF3N2. The SMILES string of the molecule is CN(Cc1cccc(C(F)(F)F)c1)CC1CCNCC1.Cl. The molecule has 0 radical (unpaired) electrons. The number of nitrogens with one attached hydrogen (secondary N) is 1. The zero-order valence-electron chi connectivity index (χ0n) is 12.1. The fourth-order valence-corrected chi connectivity index (χ4v) is 2.73. The predicted octanol–water partition coefficient (Wildman–Crippen LogP) is 3.56. The highest BCUT2D eigenvalue weighted by Gasteiger charge is 2.30. The average Bonchev–Trinajstić information content (AvgIpc) is 2.39. The molecule has 0 aliphatic carbocycles. The van der Waals surface area contributed by atoms with Crippen LogP contribution in [-0.4, -0.2) is 31.6 Å². The Morgan fingerprint density at radius 2 is 1.90 bits per heavy atom. The molecule has 1 aromatic rings. The highest BCUT2D eigenvalue weighted by Crippen LogP contribution is 2.29. The lowest BCUT2D eigenvalue weighted by Crippen LogP contribution is -2.34. The summed E-state index contributed by atoms with van der Waals surface area (Å²) in [5.41, 5.74) is 0.154. The van der Waals surface area contributed by atoms with Crippen molar-refractivity contribution in [3.8, 4) is 0 Å². The highest BCUT2D eigenvalue weighted by atomic mass is 35.5. The van der Waals surface area contributed by atoms with Crippen LogP contribution in [0, 0.1) is 5.92 Å². The summed E-state index contributed by atoms with van der Waals surface area (Å²) in [6.45, 7) is 3.59. The fraction of sp³-hybridized carbons (Fsp3) is 0.600. The summed E-state index contributed by atoms with van der Waals surface area (Å²) in [6.07, 6.45) is -1.97. The number of alkyl halides is 3. The monoisotopic (exact) mass is 322 g/mol. The molecule has 1 fully saturated rings. The van der Waals surface area contributed by atoms with Crippen molar-refractivity contribution in [3.63, 3.8) is 0 Å². The molecule has 1 aliphatic rings. The Labute approximate surface area is 130 Å². The molecule has 2 nitrogen and oxygen atoms in total. The third-order valence-corrected chi connectivity index (χ3v) is 3.74. The van der Waals surface area contributed by atoms with E-state index >= 15 is 0 Å². The number of benzene rings is 1. The molecule has 21 heavy (non-hydrogen) atoms. The Balaban J connectivity index is 0.00000220. The van der Waals surface area contributed by atoms with Crippen molar-refractivity contribution >= 4 is 12.4 Å². The van der Waals surface area contributed by atoms with E-state index in [1.165, 1.54) is 12.1 Å². The molecule has 0 bridgehead atoms. The van der Waals surface area contributed by atoms with Crippen LogP contribution in [0.2, 0.25) is 0 Å². The molecule has 120 valence electrons. The summed E-state index contributed by atoms with van der Waals surface area (Å²) in [7, 11) is 1.97. The highest BCUT2D eigenvalue weighted by molar-refractivity contribution is 5.85. The molecule has 0 amide bonds. The molecule has 1 aromatic carbocycles. The fourth-order valence-electron chi connectivity index (χ4n) is 2.73. The second kappa shape index (κ2) is 8.01. The van der Waals surface area contributed by atoms with Gasteiger partial charge in [0.15, 0.2) is 0 Å². The van der Waals surface area contributed by atoms with E-state index in [1.807, 2.05) is 7.05 Å². The van der Waals surface area contributed by atoms with Gasteiger partial charge in [-0.15, -0.1) is 12.4 Å². The van der Waals surface area contributed by atoms with Crippen molar-refractivity contribution in [3.05, 3.63) is 35.4 Å². The number of piperidine rings is 1. The number of hydrogen-bond acceptors (Lipinski definition) is 2. The molecule has 1 saturated heterocycles. The minimum Gasteiger partial charge on any atom is -0.317 e. The van der Waals surface area contributed by atoms with Gasteiger partial charge in [-0.3, -0.25) is 0 Å². The molecule has 1 aliphatic heterocycles. The van der Waals surface area contributed by atoms with E-state index in [9.17, 15) is 13.2 Å². The lowest BCUT2D eigenvalue weighted by Gasteiger charge is -2.27. The van der Waals surface area contributed by atoms with Crippen LogP contribution in [0.3, 0.4) is 0 Å². The van der Waals surface area contributed by atoms with Gasteiger partial charge in [0.1, 0.15) is 0 Å². The van der Waals surface area contributed by atoms with Gasteiger partial charge >= 0.3 is 6.18 Å². The van der Waals surface area contributed by atoms with Gasteiger partial charge in [-0.2, -0.15) is 13.2 Å². The number of halogens is 4. The van der Waals surface area contributed by atoms with E-state index in [-0.39, 0.29) is 12.4 Å². The minimum atomic E-state index is -4.26. The number of hydrogen-bond donors (Lipinski definition) is 1. The molecule has 1 N–H and O–H groups in total. The van der Waals surface area contributed by atoms with Crippen LogP contribution in [0.25, 0.3) is 0 Å². The zero-order valence-corrected chi connectivity index (χ0v) is 12.9. The van der Waals surface area contributed by atoms with Crippen LogP contribution in [0.4, 0.5) is 13.2 Å². The maximum Gasteiger partial charge on any atom is 0.416 e. The molecule has 6 heteroatoms. The standard InChI is InChI=1S/C15H21F3N2.ClH/c1-20(10-12-5-7-19-8-6-12)11-13-3-2-4-14(9-13)15(16,17)18;/h2-4,9,12,19H,5-8,10-11H2,1H3;1H. The summed E-state index contributed by atoms with van der Waals surface area (Å²) in [5, 5.41) is 3.32. The molecule has 0 saturated carbocycles. The van der Waals surface area contributed by atoms with Crippen LogP contribution in [0.5, 0.6) is 0 Å². The molecule has 0 spiro atoms. The van der Waals surface area contributed by atoms with Crippen molar-refractivity contribution in [2.24, 2.45) is 5.92 Å². The van der Waals surface area contributed by atoms with Gasteiger partial charge in [0.05, 0.1) is 5.56 Å². The van der Waals surface area contributed by atoms with Crippen LogP contribution in [0.1, 0.15) is 24.0 Å². The molecule has 1 heterocycles. The van der Waals surface area contributed by atoms with E-state index in [1.54, 1.807) is 6.07 Å². The first-order chi connectivity index (χ1) is 9.45. The molecular weight excluding hydrogens is 301 g/mol.